The second kappa shape index (κ2) is 8.07. The number of nitro groups is 1. The van der Waals surface area contributed by atoms with Crippen molar-refractivity contribution < 1.29 is 14.4 Å². The summed E-state index contributed by atoms with van der Waals surface area (Å²) in [6, 6.07) is 12.5. The zero-order valence-corrected chi connectivity index (χ0v) is 17.4. The number of thiophene rings is 1. The molecule has 0 atom stereocenters. The number of nitrogens with zero attached hydrogens (tertiary/aromatic N) is 3. The molecule has 9 nitrogen and oxygen atoms in total. The van der Waals surface area contributed by atoms with Crippen molar-refractivity contribution in [1.29, 1.82) is 0 Å². The van der Waals surface area contributed by atoms with Gasteiger partial charge in [0.2, 0.25) is 0 Å². The largest absolute Gasteiger partial charge is 0.497 e. The minimum Gasteiger partial charge on any atom is -0.497 e. The number of hydrogen-bond acceptors (Lipinski definition) is 7. The van der Waals surface area contributed by atoms with E-state index in [2.05, 4.69) is 0 Å². The Balaban J connectivity index is 1.96. The Kier molecular flexibility index (Phi) is 5.30. The SMILES string of the molecule is COc1cc(OC)cc(-n2c(=O)c3sccc3n(Cc3cccc([N+](=O)[O-])c3)c2=O)c1. The van der Waals surface area contributed by atoms with Crippen molar-refractivity contribution >= 4 is 27.2 Å². The normalized spacial score (nSPS) is 10.9. The van der Waals surface area contributed by atoms with E-state index in [1.165, 1.54) is 42.3 Å². The van der Waals surface area contributed by atoms with Gasteiger partial charge in [0.25, 0.3) is 11.2 Å². The number of fused-ring (bicyclic) bond motifs is 1. The van der Waals surface area contributed by atoms with Gasteiger partial charge in [-0.1, -0.05) is 12.1 Å². The van der Waals surface area contributed by atoms with Crippen LogP contribution in [0.2, 0.25) is 0 Å². The monoisotopic (exact) mass is 439 g/mol. The molecular formula is C21H17N3O6S. The van der Waals surface area contributed by atoms with Crippen LogP contribution in [0.15, 0.2) is 63.5 Å². The molecule has 0 aliphatic carbocycles. The Morgan fingerprint density at radius 3 is 2.39 bits per heavy atom. The van der Waals surface area contributed by atoms with E-state index in [-0.39, 0.29) is 12.2 Å². The highest BCUT2D eigenvalue weighted by molar-refractivity contribution is 7.17. The Morgan fingerprint density at radius 1 is 1.03 bits per heavy atom. The minimum absolute atomic E-state index is 0.0646. The average molecular weight is 439 g/mol. The van der Waals surface area contributed by atoms with E-state index in [1.807, 2.05) is 0 Å². The predicted octanol–water partition coefficient (Wildman–Crippen LogP) is 3.19. The van der Waals surface area contributed by atoms with Gasteiger partial charge in [-0.2, -0.15) is 0 Å². The number of benzene rings is 2. The van der Waals surface area contributed by atoms with Crippen molar-refractivity contribution in [2.75, 3.05) is 14.2 Å². The molecule has 2 aromatic carbocycles. The first kappa shape index (κ1) is 20.4. The average Bonchev–Trinajstić information content (AvgIpc) is 3.27. The second-order valence-corrected chi connectivity index (χ2v) is 7.56. The van der Waals surface area contributed by atoms with Gasteiger partial charge in [-0.3, -0.25) is 19.5 Å². The summed E-state index contributed by atoms with van der Waals surface area (Å²) in [6.45, 7) is 0.0646. The molecule has 0 bridgehead atoms. The molecule has 31 heavy (non-hydrogen) atoms. The summed E-state index contributed by atoms with van der Waals surface area (Å²) in [4.78, 5) is 37.2. The molecule has 0 aliphatic rings. The van der Waals surface area contributed by atoms with E-state index >= 15 is 0 Å². The zero-order valence-electron chi connectivity index (χ0n) is 16.6. The Bertz CT molecular complexity index is 1400. The molecule has 158 valence electrons. The van der Waals surface area contributed by atoms with Crippen LogP contribution in [0.5, 0.6) is 11.5 Å². The lowest BCUT2D eigenvalue weighted by molar-refractivity contribution is -0.384. The topological polar surface area (TPSA) is 106 Å². The highest BCUT2D eigenvalue weighted by Gasteiger charge is 2.18. The van der Waals surface area contributed by atoms with Gasteiger partial charge in [-0.15, -0.1) is 11.3 Å². The van der Waals surface area contributed by atoms with Gasteiger partial charge in [0.1, 0.15) is 16.2 Å². The maximum absolute atomic E-state index is 13.4. The summed E-state index contributed by atoms with van der Waals surface area (Å²) in [5, 5.41) is 12.8. The lowest BCUT2D eigenvalue weighted by Crippen LogP contribution is -2.38. The molecule has 0 aliphatic heterocycles. The fraction of sp³-hybridized carbons (Fsp3) is 0.143. The van der Waals surface area contributed by atoms with E-state index in [1.54, 1.807) is 41.8 Å². The molecule has 0 fully saturated rings. The highest BCUT2D eigenvalue weighted by Crippen LogP contribution is 2.25. The van der Waals surface area contributed by atoms with Crippen LogP contribution in [0.25, 0.3) is 15.9 Å². The van der Waals surface area contributed by atoms with Gasteiger partial charge >= 0.3 is 5.69 Å². The maximum Gasteiger partial charge on any atom is 0.336 e. The third-order valence-corrected chi connectivity index (χ3v) is 5.70. The molecule has 4 aromatic rings. The van der Waals surface area contributed by atoms with Crippen LogP contribution in [0.1, 0.15) is 5.56 Å². The summed E-state index contributed by atoms with van der Waals surface area (Å²) < 4.78 is 13.4. The van der Waals surface area contributed by atoms with E-state index < -0.39 is 16.2 Å². The molecule has 0 N–H and O–H groups in total. The number of nitro benzene ring substituents is 1. The van der Waals surface area contributed by atoms with Crippen LogP contribution in [0.4, 0.5) is 5.69 Å². The van der Waals surface area contributed by atoms with Gasteiger partial charge in [0.15, 0.2) is 0 Å². The molecule has 2 heterocycles. The molecular weight excluding hydrogens is 422 g/mol. The molecule has 0 radical (unpaired) electrons. The van der Waals surface area contributed by atoms with Crippen LogP contribution >= 0.6 is 11.3 Å². The van der Waals surface area contributed by atoms with Crippen molar-refractivity contribution in [2.45, 2.75) is 6.54 Å². The standard InChI is InChI=1S/C21H17N3O6S/c1-29-16-9-15(10-17(11-16)30-2)23-20(25)19-18(6-7-31-19)22(21(23)26)12-13-4-3-5-14(8-13)24(27)28/h3-11H,12H2,1-2H3. The summed E-state index contributed by atoms with van der Waals surface area (Å²) >= 11 is 1.22. The Labute approximate surface area is 179 Å². The van der Waals surface area contributed by atoms with Crippen molar-refractivity contribution in [3.63, 3.8) is 0 Å². The summed E-state index contributed by atoms with van der Waals surface area (Å²) in [7, 11) is 2.95. The molecule has 0 amide bonds. The van der Waals surface area contributed by atoms with Gasteiger partial charge in [0, 0.05) is 30.3 Å². The molecule has 0 saturated heterocycles. The molecule has 0 spiro atoms. The van der Waals surface area contributed by atoms with Crippen LogP contribution in [-0.2, 0) is 6.54 Å². The molecule has 2 aromatic heterocycles. The van der Waals surface area contributed by atoms with Crippen LogP contribution < -0.4 is 20.7 Å². The van der Waals surface area contributed by atoms with E-state index in [0.29, 0.717) is 33.0 Å². The van der Waals surface area contributed by atoms with E-state index in [9.17, 15) is 19.7 Å². The zero-order chi connectivity index (χ0) is 22.1. The van der Waals surface area contributed by atoms with E-state index in [4.69, 9.17) is 9.47 Å². The van der Waals surface area contributed by atoms with Crippen molar-refractivity contribution in [3.8, 4) is 17.2 Å². The van der Waals surface area contributed by atoms with Gasteiger partial charge in [-0.05, 0) is 17.0 Å². The fourth-order valence-electron chi connectivity index (χ4n) is 3.34. The lowest BCUT2D eigenvalue weighted by atomic mass is 10.2. The summed E-state index contributed by atoms with van der Waals surface area (Å²) in [5.74, 6) is 0.856. The fourth-order valence-corrected chi connectivity index (χ4v) is 4.16. The quantitative estimate of drug-likeness (QED) is 0.337. The van der Waals surface area contributed by atoms with Crippen LogP contribution in [0, 0.1) is 10.1 Å². The maximum atomic E-state index is 13.4. The molecule has 4 rings (SSSR count). The van der Waals surface area contributed by atoms with Crippen molar-refractivity contribution in [2.24, 2.45) is 0 Å². The Hall–Kier alpha value is -3.92. The molecule has 10 heteroatoms. The lowest BCUT2D eigenvalue weighted by Gasteiger charge is -2.14. The van der Waals surface area contributed by atoms with Crippen LogP contribution in [0.3, 0.4) is 0 Å². The van der Waals surface area contributed by atoms with E-state index in [0.717, 1.165) is 4.57 Å². The first-order chi connectivity index (χ1) is 14.9. The number of methoxy groups -OCH3 is 2. The second-order valence-electron chi connectivity index (χ2n) is 6.64. The summed E-state index contributed by atoms with van der Waals surface area (Å²) in [6.07, 6.45) is 0. The number of non-ortho nitro benzene ring substituents is 1. The number of aromatic nitrogens is 2. The van der Waals surface area contributed by atoms with Gasteiger partial charge in [0.05, 0.1) is 36.9 Å². The number of rotatable bonds is 6. The first-order valence-electron chi connectivity index (χ1n) is 9.12. The molecule has 0 unspecified atom stereocenters. The minimum atomic E-state index is -0.572. The molecule has 0 saturated carbocycles. The van der Waals surface area contributed by atoms with Crippen molar-refractivity contribution in [1.82, 2.24) is 9.13 Å². The number of ether oxygens (including phenoxy) is 2. The predicted molar refractivity (Wildman–Crippen MR) is 117 cm³/mol. The number of hydrogen-bond donors (Lipinski definition) is 0. The van der Waals surface area contributed by atoms with Gasteiger partial charge in [-0.25, -0.2) is 9.36 Å². The third kappa shape index (κ3) is 3.68. The van der Waals surface area contributed by atoms with Gasteiger partial charge < -0.3 is 9.47 Å². The van der Waals surface area contributed by atoms with Crippen LogP contribution in [-0.4, -0.2) is 28.3 Å². The summed E-state index contributed by atoms with van der Waals surface area (Å²) in [5.41, 5.74) is 0.236. The smallest absolute Gasteiger partial charge is 0.336 e. The van der Waals surface area contributed by atoms with Crippen molar-refractivity contribution in [3.05, 3.63) is 90.4 Å². The first-order valence-corrected chi connectivity index (χ1v) is 10.0. The highest BCUT2D eigenvalue weighted by atomic mass is 32.1. The Morgan fingerprint density at radius 2 is 1.74 bits per heavy atom. The third-order valence-electron chi connectivity index (χ3n) is 4.81.